The molecule has 0 radical (unpaired) electrons. The van der Waals surface area contributed by atoms with Crippen LogP contribution in [0.15, 0.2) is 0 Å². The normalized spacial score (nSPS) is 18.1. The lowest BCUT2D eigenvalue weighted by Crippen LogP contribution is -2.48. The van der Waals surface area contributed by atoms with Crippen LogP contribution in [0.25, 0.3) is 0 Å². The highest BCUT2D eigenvalue weighted by Gasteiger charge is 2.35. The van der Waals surface area contributed by atoms with E-state index in [0.29, 0.717) is 18.8 Å². The van der Waals surface area contributed by atoms with Crippen LogP contribution in [0.3, 0.4) is 0 Å². The Labute approximate surface area is 125 Å². The van der Waals surface area contributed by atoms with Crippen molar-refractivity contribution in [3.63, 3.8) is 0 Å². The number of nitrogens with one attached hydrogen (secondary N) is 1. The lowest BCUT2D eigenvalue weighted by molar-refractivity contribution is -0.142. The van der Waals surface area contributed by atoms with Gasteiger partial charge in [-0.25, -0.2) is 0 Å². The second-order valence-electron chi connectivity index (χ2n) is 4.49. The Balaban J connectivity index is 0.00000324. The summed E-state index contributed by atoms with van der Waals surface area (Å²) in [6.45, 7) is 3.42. The van der Waals surface area contributed by atoms with Gasteiger partial charge in [0.05, 0.1) is 5.88 Å². The Kier molecular flexibility index (Phi) is 9.22. The molecule has 0 aromatic carbocycles. The van der Waals surface area contributed by atoms with E-state index in [1.54, 1.807) is 28.6 Å². The Hall–Kier alpha value is -0.460. The van der Waals surface area contributed by atoms with Crippen LogP contribution >= 0.6 is 24.2 Å². The molecule has 0 aromatic heterocycles. The van der Waals surface area contributed by atoms with Crippen LogP contribution in [-0.2, 0) is 9.59 Å². The first kappa shape index (κ1) is 18.5. The summed E-state index contributed by atoms with van der Waals surface area (Å²) >= 11 is 1.66. The van der Waals surface area contributed by atoms with Crippen LogP contribution in [0.4, 0.5) is 0 Å². The van der Waals surface area contributed by atoms with Crippen molar-refractivity contribution >= 4 is 36.0 Å². The van der Waals surface area contributed by atoms with Crippen LogP contribution in [0.1, 0.15) is 19.8 Å². The van der Waals surface area contributed by atoms with Gasteiger partial charge in [-0.15, -0.1) is 24.2 Å². The molecule has 0 bridgehead atoms. The molecule has 19 heavy (non-hydrogen) atoms. The van der Waals surface area contributed by atoms with Crippen LogP contribution in [0, 0.1) is 0 Å². The first-order valence-corrected chi connectivity index (χ1v) is 7.54. The summed E-state index contributed by atoms with van der Waals surface area (Å²) in [5, 5.41) is 3.02. The zero-order valence-corrected chi connectivity index (χ0v) is 13.5. The van der Waals surface area contributed by atoms with Gasteiger partial charge in [0, 0.05) is 32.3 Å². The molecule has 1 atom stereocenters. The van der Waals surface area contributed by atoms with Crippen molar-refractivity contribution in [2.75, 3.05) is 38.8 Å². The van der Waals surface area contributed by atoms with Crippen molar-refractivity contribution in [2.45, 2.75) is 25.8 Å². The van der Waals surface area contributed by atoms with Gasteiger partial charge in [-0.1, -0.05) is 6.92 Å². The van der Waals surface area contributed by atoms with Crippen molar-refractivity contribution in [3.8, 4) is 0 Å². The topological polar surface area (TPSA) is 52.7 Å². The van der Waals surface area contributed by atoms with E-state index in [4.69, 9.17) is 0 Å². The highest BCUT2D eigenvalue weighted by molar-refractivity contribution is 7.99. The fraction of sp³-hybridized carbons (Fsp3) is 0.833. The number of halogens is 1. The van der Waals surface area contributed by atoms with Crippen molar-refractivity contribution < 1.29 is 9.59 Å². The van der Waals surface area contributed by atoms with Gasteiger partial charge in [-0.2, -0.15) is 0 Å². The number of hydrogen-bond acceptors (Lipinski definition) is 4. The van der Waals surface area contributed by atoms with E-state index in [2.05, 4.69) is 5.32 Å². The summed E-state index contributed by atoms with van der Waals surface area (Å²) in [4.78, 5) is 27.6. The summed E-state index contributed by atoms with van der Waals surface area (Å²) in [6, 6.07) is -0.268. The second-order valence-corrected chi connectivity index (χ2v) is 5.49. The molecule has 1 heterocycles. The summed E-state index contributed by atoms with van der Waals surface area (Å²) < 4.78 is 0. The van der Waals surface area contributed by atoms with Crippen LogP contribution in [0.5, 0.6) is 0 Å². The molecule has 0 aromatic rings. The molecule has 0 saturated carbocycles. The van der Waals surface area contributed by atoms with Gasteiger partial charge in [-0.05, 0) is 13.5 Å². The minimum absolute atomic E-state index is 0. The molecular formula is C12H24ClN3O2S. The third kappa shape index (κ3) is 5.20. The summed E-state index contributed by atoms with van der Waals surface area (Å²) in [7, 11) is 3.66. The van der Waals surface area contributed by atoms with Gasteiger partial charge >= 0.3 is 0 Å². The largest absolute Gasteiger partial charge is 0.343 e. The van der Waals surface area contributed by atoms with Gasteiger partial charge in [0.15, 0.2) is 0 Å². The molecule has 1 unspecified atom stereocenters. The van der Waals surface area contributed by atoms with E-state index in [-0.39, 0.29) is 30.3 Å². The average molecular weight is 310 g/mol. The number of amides is 2. The van der Waals surface area contributed by atoms with E-state index in [0.717, 1.165) is 18.7 Å². The van der Waals surface area contributed by atoms with E-state index in [1.165, 1.54) is 0 Å². The van der Waals surface area contributed by atoms with Crippen molar-refractivity contribution in [3.05, 3.63) is 0 Å². The minimum Gasteiger partial charge on any atom is -0.343 e. The number of rotatable bonds is 6. The smallest absolute Gasteiger partial charge is 0.246 e. The lowest BCUT2D eigenvalue weighted by atomic mass is 10.2. The van der Waals surface area contributed by atoms with Crippen molar-refractivity contribution in [1.29, 1.82) is 0 Å². The van der Waals surface area contributed by atoms with E-state index in [1.807, 2.05) is 14.0 Å². The minimum atomic E-state index is -0.268. The number of hydrogen-bond donors (Lipinski definition) is 1. The molecule has 0 aliphatic carbocycles. The molecule has 1 fully saturated rings. The number of thioether (sulfide) groups is 1. The summed E-state index contributed by atoms with van der Waals surface area (Å²) in [6.07, 6.45) is 1.36. The standard InChI is InChI=1S/C12H23N3O2S.ClH/c1-4-5-11(16)15-9-18-8-10(15)12(17)14(3)7-6-13-2;/h10,13H,4-9H2,1-3H3;1H. The number of carbonyl (C=O) groups excluding carboxylic acids is 2. The maximum atomic E-state index is 12.3. The van der Waals surface area contributed by atoms with Crippen LogP contribution in [-0.4, -0.2) is 66.5 Å². The third-order valence-electron chi connectivity index (χ3n) is 3.03. The second kappa shape index (κ2) is 9.44. The quantitative estimate of drug-likeness (QED) is 0.788. The fourth-order valence-corrected chi connectivity index (χ4v) is 3.07. The molecule has 2 amide bonds. The maximum absolute atomic E-state index is 12.3. The van der Waals surface area contributed by atoms with Gasteiger partial charge < -0.3 is 15.1 Å². The average Bonchev–Trinajstić information content (AvgIpc) is 2.84. The summed E-state index contributed by atoms with van der Waals surface area (Å²) in [5.74, 6) is 1.52. The van der Waals surface area contributed by atoms with Gasteiger partial charge in [-0.3, -0.25) is 9.59 Å². The van der Waals surface area contributed by atoms with Crippen molar-refractivity contribution in [1.82, 2.24) is 15.1 Å². The highest BCUT2D eigenvalue weighted by atomic mass is 35.5. The molecule has 0 spiro atoms. The van der Waals surface area contributed by atoms with E-state index >= 15 is 0 Å². The van der Waals surface area contributed by atoms with Gasteiger partial charge in [0.2, 0.25) is 11.8 Å². The zero-order valence-electron chi connectivity index (χ0n) is 11.8. The Morgan fingerprint density at radius 3 is 2.74 bits per heavy atom. The van der Waals surface area contributed by atoms with Gasteiger partial charge in [0.1, 0.15) is 6.04 Å². The maximum Gasteiger partial charge on any atom is 0.246 e. The predicted octanol–water partition coefficient (Wildman–Crippen LogP) is 0.788. The summed E-state index contributed by atoms with van der Waals surface area (Å²) in [5.41, 5.74) is 0. The molecule has 1 N–H and O–H groups in total. The molecule has 1 rings (SSSR count). The van der Waals surface area contributed by atoms with E-state index < -0.39 is 0 Å². The molecule has 1 saturated heterocycles. The Morgan fingerprint density at radius 1 is 1.47 bits per heavy atom. The van der Waals surface area contributed by atoms with E-state index in [9.17, 15) is 9.59 Å². The molecule has 1 aliphatic rings. The molecule has 112 valence electrons. The Bertz CT molecular complexity index is 305. The lowest BCUT2D eigenvalue weighted by Gasteiger charge is -2.27. The van der Waals surface area contributed by atoms with Crippen LogP contribution < -0.4 is 5.32 Å². The molecule has 5 nitrogen and oxygen atoms in total. The number of carbonyl (C=O) groups is 2. The molecule has 1 aliphatic heterocycles. The number of nitrogens with zero attached hydrogens (tertiary/aromatic N) is 2. The van der Waals surface area contributed by atoms with Crippen LogP contribution in [0.2, 0.25) is 0 Å². The van der Waals surface area contributed by atoms with Gasteiger partial charge in [0.25, 0.3) is 0 Å². The zero-order chi connectivity index (χ0) is 13.5. The Morgan fingerprint density at radius 2 is 2.16 bits per heavy atom. The highest BCUT2D eigenvalue weighted by Crippen LogP contribution is 2.23. The molecular weight excluding hydrogens is 286 g/mol. The first-order chi connectivity index (χ1) is 8.61. The predicted molar refractivity (Wildman–Crippen MR) is 81.7 cm³/mol. The van der Waals surface area contributed by atoms with Crippen molar-refractivity contribution in [2.24, 2.45) is 0 Å². The monoisotopic (exact) mass is 309 g/mol. The molecule has 7 heteroatoms. The fourth-order valence-electron chi connectivity index (χ4n) is 1.89. The first-order valence-electron chi connectivity index (χ1n) is 6.38. The number of likely N-dealkylation sites (N-methyl/N-ethyl adjacent to an activating group) is 2. The SMILES string of the molecule is CCCC(=O)N1CSCC1C(=O)N(C)CCNC.Cl. The third-order valence-corrected chi connectivity index (χ3v) is 4.04.